The molecule has 0 aliphatic carbocycles. The number of benzene rings is 1. The summed E-state index contributed by atoms with van der Waals surface area (Å²) in [6, 6.07) is 1.54. The van der Waals surface area contributed by atoms with Gasteiger partial charge >= 0.3 is 5.69 Å². The van der Waals surface area contributed by atoms with Crippen LogP contribution >= 0.6 is 11.6 Å². The number of oxazole rings is 1. The maximum atomic E-state index is 13.9. The molecule has 0 aliphatic rings. The molecule has 0 aliphatic heterocycles. The average molecular weight is 289 g/mol. The molecule has 1 aromatic carbocycles. The first kappa shape index (κ1) is 13.4. The molecule has 5 nitrogen and oxygen atoms in total. The van der Waals surface area contributed by atoms with Crippen molar-refractivity contribution in [3.05, 3.63) is 46.0 Å². The molecular weight excluding hydrogens is 282 g/mol. The van der Waals surface area contributed by atoms with Crippen molar-refractivity contribution in [3.63, 3.8) is 0 Å². The Morgan fingerprint density at radius 1 is 1.47 bits per heavy atom. The van der Waals surface area contributed by atoms with Gasteiger partial charge in [0.15, 0.2) is 5.76 Å². The van der Waals surface area contributed by atoms with Gasteiger partial charge < -0.3 is 4.42 Å². The summed E-state index contributed by atoms with van der Waals surface area (Å²) in [5.74, 6) is -2.47. The molecular formula is C11H7ClF2N2O3. The van der Waals surface area contributed by atoms with Crippen molar-refractivity contribution in [1.82, 2.24) is 4.98 Å². The van der Waals surface area contributed by atoms with E-state index in [0.29, 0.717) is 0 Å². The maximum absolute atomic E-state index is 13.9. The molecule has 0 saturated carbocycles. The van der Waals surface area contributed by atoms with Gasteiger partial charge in [-0.2, -0.15) is 4.39 Å². The number of rotatable bonds is 3. The third-order valence-corrected chi connectivity index (χ3v) is 2.56. The molecule has 1 heterocycles. The van der Waals surface area contributed by atoms with E-state index >= 15 is 0 Å². The third-order valence-electron chi connectivity index (χ3n) is 2.38. The molecule has 0 bridgehead atoms. The van der Waals surface area contributed by atoms with Crippen molar-refractivity contribution in [2.75, 3.05) is 0 Å². The van der Waals surface area contributed by atoms with Crippen LogP contribution in [-0.2, 0) is 0 Å². The van der Waals surface area contributed by atoms with E-state index < -0.39 is 33.2 Å². The van der Waals surface area contributed by atoms with E-state index in [-0.39, 0.29) is 11.7 Å². The summed E-state index contributed by atoms with van der Waals surface area (Å²) in [5.41, 5.74) is -1.47. The van der Waals surface area contributed by atoms with Crippen LogP contribution in [-0.4, -0.2) is 9.91 Å². The van der Waals surface area contributed by atoms with E-state index in [1.807, 2.05) is 0 Å². The number of hydrogen-bond donors (Lipinski definition) is 0. The van der Waals surface area contributed by atoms with Crippen LogP contribution in [0.15, 0.2) is 22.7 Å². The molecule has 1 atom stereocenters. The molecule has 8 heteroatoms. The number of halogens is 3. The standard InChI is InChI=1S/C11H7ClF2N2O3/c1-5(12)11-15-4-8(19-11)9-6(13)2-3-7(10(9)14)16(17)18/h2-5H,1H3. The highest BCUT2D eigenvalue weighted by atomic mass is 35.5. The zero-order chi connectivity index (χ0) is 14.2. The Morgan fingerprint density at radius 3 is 2.68 bits per heavy atom. The second kappa shape index (κ2) is 4.93. The van der Waals surface area contributed by atoms with Crippen molar-refractivity contribution in [2.24, 2.45) is 0 Å². The molecule has 0 saturated heterocycles. The van der Waals surface area contributed by atoms with E-state index in [2.05, 4.69) is 4.98 Å². The fraction of sp³-hybridized carbons (Fsp3) is 0.182. The molecule has 1 unspecified atom stereocenters. The Bertz CT molecular complexity index is 643. The first-order valence-electron chi connectivity index (χ1n) is 5.14. The van der Waals surface area contributed by atoms with Crippen molar-refractivity contribution in [1.29, 1.82) is 0 Å². The minimum absolute atomic E-state index is 0.0713. The number of hydrogen-bond acceptors (Lipinski definition) is 4. The zero-order valence-electron chi connectivity index (χ0n) is 9.56. The number of nitrogens with zero attached hydrogens (tertiary/aromatic N) is 2. The number of nitro groups is 1. The highest BCUT2D eigenvalue weighted by Gasteiger charge is 2.25. The smallest absolute Gasteiger partial charge is 0.305 e. The Kier molecular flexibility index (Phi) is 3.48. The first-order chi connectivity index (χ1) is 8.91. The van der Waals surface area contributed by atoms with Crippen molar-refractivity contribution in [2.45, 2.75) is 12.3 Å². The summed E-state index contributed by atoms with van der Waals surface area (Å²) in [6.07, 6.45) is 1.07. The summed E-state index contributed by atoms with van der Waals surface area (Å²) in [7, 11) is 0. The van der Waals surface area contributed by atoms with Crippen LogP contribution in [0.5, 0.6) is 0 Å². The summed E-state index contributed by atoms with van der Waals surface area (Å²) in [5, 5.41) is 10.0. The predicted octanol–water partition coefficient (Wildman–Crippen LogP) is 3.83. The molecule has 0 N–H and O–H groups in total. The molecule has 0 spiro atoms. The third kappa shape index (κ3) is 2.41. The van der Waals surface area contributed by atoms with Crippen LogP contribution in [0.1, 0.15) is 18.2 Å². The van der Waals surface area contributed by atoms with Gasteiger partial charge in [-0.1, -0.05) is 0 Å². The summed E-state index contributed by atoms with van der Waals surface area (Å²) >= 11 is 5.71. The van der Waals surface area contributed by atoms with Gasteiger partial charge in [0.05, 0.1) is 16.7 Å². The van der Waals surface area contributed by atoms with Crippen LogP contribution in [0, 0.1) is 21.7 Å². The molecule has 100 valence electrons. The first-order valence-corrected chi connectivity index (χ1v) is 5.58. The quantitative estimate of drug-likeness (QED) is 0.489. The lowest BCUT2D eigenvalue weighted by Crippen LogP contribution is -1.97. The fourth-order valence-electron chi connectivity index (χ4n) is 1.50. The van der Waals surface area contributed by atoms with E-state index in [1.54, 1.807) is 6.92 Å². The van der Waals surface area contributed by atoms with E-state index in [9.17, 15) is 18.9 Å². The largest absolute Gasteiger partial charge is 0.439 e. The van der Waals surface area contributed by atoms with Crippen LogP contribution in [0.3, 0.4) is 0 Å². The summed E-state index contributed by atoms with van der Waals surface area (Å²) in [4.78, 5) is 13.4. The van der Waals surface area contributed by atoms with Crippen LogP contribution in [0.4, 0.5) is 14.5 Å². The van der Waals surface area contributed by atoms with Gasteiger partial charge in [0.25, 0.3) is 0 Å². The number of aromatic nitrogens is 1. The lowest BCUT2D eigenvalue weighted by Gasteiger charge is -2.02. The minimum atomic E-state index is -1.31. The normalized spacial score (nSPS) is 12.4. The van der Waals surface area contributed by atoms with Gasteiger partial charge in [-0.3, -0.25) is 10.1 Å². The molecule has 0 amide bonds. The maximum Gasteiger partial charge on any atom is 0.305 e. The summed E-state index contributed by atoms with van der Waals surface area (Å²) < 4.78 is 32.6. The monoisotopic (exact) mass is 288 g/mol. The second-order valence-electron chi connectivity index (χ2n) is 3.69. The van der Waals surface area contributed by atoms with Gasteiger partial charge in [-0.05, 0) is 13.0 Å². The fourth-order valence-corrected chi connectivity index (χ4v) is 1.60. The highest BCUT2D eigenvalue weighted by molar-refractivity contribution is 6.20. The van der Waals surface area contributed by atoms with E-state index in [1.165, 1.54) is 0 Å². The topological polar surface area (TPSA) is 69.2 Å². The van der Waals surface area contributed by atoms with E-state index in [0.717, 1.165) is 18.3 Å². The SMILES string of the molecule is CC(Cl)c1ncc(-c2c(F)ccc([N+](=O)[O-])c2F)o1. The predicted molar refractivity (Wildman–Crippen MR) is 62.8 cm³/mol. The van der Waals surface area contributed by atoms with Gasteiger partial charge in [-0.25, -0.2) is 9.37 Å². The minimum Gasteiger partial charge on any atom is -0.439 e. The average Bonchev–Trinajstić information content (AvgIpc) is 2.78. The lowest BCUT2D eigenvalue weighted by atomic mass is 10.1. The van der Waals surface area contributed by atoms with E-state index in [4.69, 9.17) is 16.0 Å². The highest BCUT2D eigenvalue weighted by Crippen LogP contribution is 2.33. The van der Waals surface area contributed by atoms with Crippen molar-refractivity contribution >= 4 is 17.3 Å². The van der Waals surface area contributed by atoms with Gasteiger partial charge in [-0.15, -0.1) is 11.6 Å². The Labute approximate surface area is 111 Å². The Balaban J connectivity index is 2.60. The van der Waals surface area contributed by atoms with Gasteiger partial charge in [0.1, 0.15) is 11.2 Å². The van der Waals surface area contributed by atoms with Gasteiger partial charge in [0.2, 0.25) is 11.7 Å². The van der Waals surface area contributed by atoms with Crippen molar-refractivity contribution < 1.29 is 18.1 Å². The Hall–Kier alpha value is -2.02. The molecule has 1 aromatic heterocycles. The Morgan fingerprint density at radius 2 is 2.16 bits per heavy atom. The summed E-state index contributed by atoms with van der Waals surface area (Å²) in [6.45, 7) is 1.57. The lowest BCUT2D eigenvalue weighted by molar-refractivity contribution is -0.387. The molecule has 2 aromatic rings. The molecule has 19 heavy (non-hydrogen) atoms. The second-order valence-corrected chi connectivity index (χ2v) is 4.35. The number of alkyl halides is 1. The molecule has 0 radical (unpaired) electrons. The van der Waals surface area contributed by atoms with Crippen LogP contribution in [0.25, 0.3) is 11.3 Å². The molecule has 2 rings (SSSR count). The molecule has 0 fully saturated rings. The van der Waals surface area contributed by atoms with Crippen molar-refractivity contribution in [3.8, 4) is 11.3 Å². The zero-order valence-corrected chi connectivity index (χ0v) is 10.3. The van der Waals surface area contributed by atoms with Gasteiger partial charge in [0, 0.05) is 6.07 Å². The van der Waals surface area contributed by atoms with Crippen LogP contribution < -0.4 is 0 Å². The van der Waals surface area contributed by atoms with Crippen LogP contribution in [0.2, 0.25) is 0 Å². The number of nitro benzene ring substituents is 1.